The first-order valence-corrected chi connectivity index (χ1v) is 6.38. The maximum Gasteiger partial charge on any atom is 0.255 e. The molecule has 0 atom stereocenters. The van der Waals surface area contributed by atoms with Gasteiger partial charge >= 0.3 is 0 Å². The van der Waals surface area contributed by atoms with Crippen molar-refractivity contribution in [2.75, 3.05) is 0 Å². The molecule has 0 aromatic carbocycles. The lowest BCUT2D eigenvalue weighted by molar-refractivity contribution is -0.120. The summed E-state index contributed by atoms with van der Waals surface area (Å²) in [7, 11) is 0. The van der Waals surface area contributed by atoms with E-state index in [0.717, 1.165) is 24.2 Å². The normalized spacial score (nSPS) is 16.9. The Balaban J connectivity index is 2.06. The second kappa shape index (κ2) is 4.96. The average Bonchev–Trinajstić information content (AvgIpc) is 2.56. The highest BCUT2D eigenvalue weighted by Gasteiger charge is 2.24. The van der Waals surface area contributed by atoms with Crippen LogP contribution < -0.4 is 5.32 Å². The highest BCUT2D eigenvalue weighted by atomic mass is 16.3. The minimum Gasteiger partial charge on any atom is -0.466 e. The molecule has 1 fully saturated rings. The van der Waals surface area contributed by atoms with E-state index < -0.39 is 0 Å². The molecule has 1 aliphatic carbocycles. The van der Waals surface area contributed by atoms with Gasteiger partial charge in [-0.25, -0.2) is 0 Å². The maximum absolute atomic E-state index is 12.2. The van der Waals surface area contributed by atoms with Crippen LogP contribution in [-0.4, -0.2) is 17.7 Å². The summed E-state index contributed by atoms with van der Waals surface area (Å²) >= 11 is 0. The predicted octanol–water partition coefficient (Wildman–Crippen LogP) is 2.45. The molecule has 0 saturated heterocycles. The Hall–Kier alpha value is -1.58. The van der Waals surface area contributed by atoms with Crippen LogP contribution in [0.1, 0.15) is 53.1 Å². The van der Waals surface area contributed by atoms with Gasteiger partial charge < -0.3 is 9.73 Å². The van der Waals surface area contributed by atoms with Gasteiger partial charge in [0, 0.05) is 24.4 Å². The average molecular weight is 249 g/mol. The second-order valence-corrected chi connectivity index (χ2v) is 5.00. The molecular formula is C14H19NO3. The number of hydrogen-bond donors (Lipinski definition) is 1. The van der Waals surface area contributed by atoms with Gasteiger partial charge in [-0.3, -0.25) is 9.59 Å². The van der Waals surface area contributed by atoms with Crippen molar-refractivity contribution < 1.29 is 14.0 Å². The van der Waals surface area contributed by atoms with Crippen molar-refractivity contribution >= 4 is 11.7 Å². The molecule has 1 aromatic heterocycles. The minimum atomic E-state index is -0.0822. The summed E-state index contributed by atoms with van der Waals surface area (Å²) < 4.78 is 5.46. The SMILES string of the molecule is Cc1oc(C)c(C(=O)NC2CCC(=O)CC2)c1C. The molecule has 1 heterocycles. The lowest BCUT2D eigenvalue weighted by atomic mass is 9.94. The van der Waals surface area contributed by atoms with Crippen LogP contribution in [0.2, 0.25) is 0 Å². The maximum atomic E-state index is 12.2. The van der Waals surface area contributed by atoms with Crippen molar-refractivity contribution in [3.8, 4) is 0 Å². The zero-order valence-corrected chi connectivity index (χ0v) is 11.1. The van der Waals surface area contributed by atoms with E-state index in [1.165, 1.54) is 0 Å². The number of furan rings is 1. The monoisotopic (exact) mass is 249 g/mol. The van der Waals surface area contributed by atoms with E-state index in [9.17, 15) is 9.59 Å². The van der Waals surface area contributed by atoms with Gasteiger partial charge in [-0.2, -0.15) is 0 Å². The summed E-state index contributed by atoms with van der Waals surface area (Å²) in [5.41, 5.74) is 1.54. The molecule has 1 aromatic rings. The number of carbonyl (C=O) groups excluding carboxylic acids is 2. The standard InChI is InChI=1S/C14H19NO3/c1-8-9(2)18-10(3)13(8)14(17)15-11-4-6-12(16)7-5-11/h11H,4-7H2,1-3H3,(H,15,17). The topological polar surface area (TPSA) is 59.3 Å². The summed E-state index contributed by atoms with van der Waals surface area (Å²) in [5.74, 6) is 1.67. The van der Waals surface area contributed by atoms with Crippen molar-refractivity contribution in [3.05, 3.63) is 22.6 Å². The Labute approximate surface area is 107 Å². The van der Waals surface area contributed by atoms with Gasteiger partial charge in [0.25, 0.3) is 5.91 Å². The molecule has 18 heavy (non-hydrogen) atoms. The zero-order chi connectivity index (χ0) is 13.3. The number of amides is 1. The van der Waals surface area contributed by atoms with Gasteiger partial charge in [0.1, 0.15) is 17.3 Å². The van der Waals surface area contributed by atoms with Gasteiger partial charge in [-0.1, -0.05) is 0 Å². The second-order valence-electron chi connectivity index (χ2n) is 5.00. The largest absolute Gasteiger partial charge is 0.466 e. The van der Waals surface area contributed by atoms with Crippen LogP contribution in [0, 0.1) is 20.8 Å². The molecular weight excluding hydrogens is 230 g/mol. The fraction of sp³-hybridized carbons (Fsp3) is 0.571. The van der Waals surface area contributed by atoms with E-state index in [1.54, 1.807) is 6.92 Å². The highest BCUT2D eigenvalue weighted by Crippen LogP contribution is 2.22. The number of nitrogens with one attached hydrogen (secondary N) is 1. The number of ketones is 1. The summed E-state index contributed by atoms with van der Waals surface area (Å²) in [6.45, 7) is 5.56. The molecule has 4 nitrogen and oxygen atoms in total. The van der Waals surface area contributed by atoms with Crippen molar-refractivity contribution in [2.45, 2.75) is 52.5 Å². The smallest absolute Gasteiger partial charge is 0.255 e. The number of aryl methyl sites for hydroxylation is 2. The van der Waals surface area contributed by atoms with E-state index in [2.05, 4.69) is 5.32 Å². The first-order valence-electron chi connectivity index (χ1n) is 6.38. The Kier molecular flexibility index (Phi) is 3.55. The van der Waals surface area contributed by atoms with Crippen LogP contribution in [0.4, 0.5) is 0 Å². The molecule has 0 spiro atoms. The van der Waals surface area contributed by atoms with Gasteiger partial charge in [0.15, 0.2) is 0 Å². The molecule has 0 radical (unpaired) electrons. The molecule has 1 saturated carbocycles. The van der Waals surface area contributed by atoms with Crippen LogP contribution in [0.25, 0.3) is 0 Å². The molecule has 4 heteroatoms. The first kappa shape index (κ1) is 12.9. The predicted molar refractivity (Wildman–Crippen MR) is 67.6 cm³/mol. The third-order valence-corrected chi connectivity index (χ3v) is 3.67. The van der Waals surface area contributed by atoms with Gasteiger partial charge in [0.2, 0.25) is 0 Å². The van der Waals surface area contributed by atoms with Crippen LogP contribution in [-0.2, 0) is 4.79 Å². The summed E-state index contributed by atoms with van der Waals surface area (Å²) in [6, 6.07) is 0.115. The minimum absolute atomic E-state index is 0.0822. The van der Waals surface area contributed by atoms with Crippen LogP contribution in [0.3, 0.4) is 0 Å². The number of hydrogen-bond acceptors (Lipinski definition) is 3. The molecule has 1 aliphatic rings. The third kappa shape index (κ3) is 2.47. The molecule has 0 aliphatic heterocycles. The Morgan fingerprint density at radius 1 is 1.17 bits per heavy atom. The number of Topliss-reactive ketones (excluding diaryl/α,β-unsaturated/α-hetero) is 1. The Morgan fingerprint density at radius 3 is 2.28 bits per heavy atom. The Bertz CT molecular complexity index is 477. The number of carbonyl (C=O) groups is 2. The lowest BCUT2D eigenvalue weighted by Crippen LogP contribution is -2.38. The van der Waals surface area contributed by atoms with Crippen LogP contribution in [0.15, 0.2) is 4.42 Å². The fourth-order valence-corrected chi connectivity index (χ4v) is 2.47. The first-order chi connectivity index (χ1) is 8.49. The quantitative estimate of drug-likeness (QED) is 0.875. The van der Waals surface area contributed by atoms with Gasteiger partial charge in [-0.05, 0) is 33.6 Å². The zero-order valence-electron chi connectivity index (χ0n) is 11.1. The summed E-state index contributed by atoms with van der Waals surface area (Å²) in [6.07, 6.45) is 2.65. The van der Waals surface area contributed by atoms with Crippen LogP contribution in [0.5, 0.6) is 0 Å². The Morgan fingerprint density at radius 2 is 1.78 bits per heavy atom. The van der Waals surface area contributed by atoms with Crippen molar-refractivity contribution in [2.24, 2.45) is 0 Å². The van der Waals surface area contributed by atoms with E-state index in [4.69, 9.17) is 4.42 Å². The van der Waals surface area contributed by atoms with E-state index >= 15 is 0 Å². The van der Waals surface area contributed by atoms with Crippen molar-refractivity contribution in [1.29, 1.82) is 0 Å². The van der Waals surface area contributed by atoms with Crippen molar-refractivity contribution in [3.63, 3.8) is 0 Å². The molecule has 98 valence electrons. The lowest BCUT2D eigenvalue weighted by Gasteiger charge is -2.22. The molecule has 0 unspecified atom stereocenters. The highest BCUT2D eigenvalue weighted by molar-refractivity contribution is 5.97. The fourth-order valence-electron chi connectivity index (χ4n) is 2.47. The van der Waals surface area contributed by atoms with E-state index in [0.29, 0.717) is 29.9 Å². The van der Waals surface area contributed by atoms with E-state index in [1.807, 2.05) is 13.8 Å². The molecule has 1 amide bonds. The van der Waals surface area contributed by atoms with Gasteiger partial charge in [0.05, 0.1) is 5.56 Å². The van der Waals surface area contributed by atoms with E-state index in [-0.39, 0.29) is 11.9 Å². The number of rotatable bonds is 2. The molecule has 1 N–H and O–H groups in total. The van der Waals surface area contributed by atoms with Crippen LogP contribution >= 0.6 is 0 Å². The van der Waals surface area contributed by atoms with Crippen molar-refractivity contribution in [1.82, 2.24) is 5.32 Å². The summed E-state index contributed by atoms with van der Waals surface area (Å²) in [4.78, 5) is 23.3. The molecule has 2 rings (SSSR count). The third-order valence-electron chi connectivity index (χ3n) is 3.67. The molecule has 0 bridgehead atoms. The summed E-state index contributed by atoms with van der Waals surface area (Å²) in [5, 5.41) is 3.00. The van der Waals surface area contributed by atoms with Gasteiger partial charge in [-0.15, -0.1) is 0 Å².